The quantitative estimate of drug-likeness (QED) is 0.205. The van der Waals surface area contributed by atoms with Crippen LogP contribution in [0.4, 0.5) is 17.6 Å². The fourth-order valence-corrected chi connectivity index (χ4v) is 6.23. The lowest BCUT2D eigenvalue weighted by molar-refractivity contribution is -0.136. The van der Waals surface area contributed by atoms with Crippen molar-refractivity contribution in [2.24, 2.45) is 7.05 Å². The predicted octanol–water partition coefficient (Wildman–Crippen LogP) is 6.73. The van der Waals surface area contributed by atoms with Crippen LogP contribution in [0.25, 0.3) is 45.2 Å². The van der Waals surface area contributed by atoms with Gasteiger partial charge in [0.1, 0.15) is 28.9 Å². The summed E-state index contributed by atoms with van der Waals surface area (Å²) in [6.07, 6.45) is 0.572. The van der Waals surface area contributed by atoms with Crippen LogP contribution in [0.2, 0.25) is 0 Å². The number of oxazole rings is 1. The molecule has 2 aromatic carbocycles. The van der Waals surface area contributed by atoms with Crippen molar-refractivity contribution in [3.63, 3.8) is 0 Å². The Morgan fingerprint density at radius 3 is 2.52 bits per heavy atom. The van der Waals surface area contributed by atoms with Gasteiger partial charge in [-0.15, -0.1) is 10.2 Å². The number of fused-ring (bicyclic) bond motifs is 1. The van der Waals surface area contributed by atoms with Crippen molar-refractivity contribution < 1.29 is 27.1 Å². The molecule has 0 spiro atoms. The molecule has 7 rings (SSSR count). The summed E-state index contributed by atoms with van der Waals surface area (Å²) >= 11 is 0. The monoisotopic (exact) mass is 606 g/mol. The number of nitrogens with zero attached hydrogens (tertiary/aromatic N) is 6. The van der Waals surface area contributed by atoms with Crippen molar-refractivity contribution in [1.82, 2.24) is 29.6 Å². The van der Waals surface area contributed by atoms with E-state index in [0.29, 0.717) is 34.5 Å². The average Bonchev–Trinajstić information content (AvgIpc) is 3.36. The number of benzene rings is 2. The van der Waals surface area contributed by atoms with Gasteiger partial charge in [-0.25, -0.2) is 14.4 Å². The molecule has 2 saturated carbocycles. The Hall–Kier alpha value is -4.16. The molecule has 228 valence electrons. The summed E-state index contributed by atoms with van der Waals surface area (Å²) in [5.74, 6) is 0.194. The molecule has 5 aromatic rings. The van der Waals surface area contributed by atoms with Gasteiger partial charge in [-0.1, -0.05) is 6.07 Å². The van der Waals surface area contributed by atoms with Crippen LogP contribution in [0.5, 0.6) is 0 Å². The van der Waals surface area contributed by atoms with Crippen LogP contribution < -0.4 is 0 Å². The fourth-order valence-electron chi connectivity index (χ4n) is 6.23. The largest absolute Gasteiger partial charge is 0.434 e. The highest BCUT2D eigenvalue weighted by atomic mass is 19.4. The van der Waals surface area contributed by atoms with Crippen molar-refractivity contribution in [1.29, 1.82) is 0 Å². The predicted molar refractivity (Wildman–Crippen MR) is 155 cm³/mol. The molecule has 2 aliphatic carbocycles. The lowest BCUT2D eigenvalue weighted by Gasteiger charge is -2.27. The van der Waals surface area contributed by atoms with Gasteiger partial charge >= 0.3 is 6.18 Å². The van der Waals surface area contributed by atoms with Crippen LogP contribution in [0, 0.1) is 5.82 Å². The lowest BCUT2D eigenvalue weighted by Crippen LogP contribution is -2.37. The lowest BCUT2D eigenvalue weighted by atomic mass is 9.97. The van der Waals surface area contributed by atoms with Crippen LogP contribution in [0.1, 0.15) is 54.8 Å². The second-order valence-corrected chi connectivity index (χ2v) is 11.9. The number of rotatable bonds is 7. The molecular formula is C32H30F4N6O2. The van der Waals surface area contributed by atoms with E-state index in [2.05, 4.69) is 15.2 Å². The Morgan fingerprint density at radius 1 is 1.02 bits per heavy atom. The van der Waals surface area contributed by atoms with E-state index in [1.807, 2.05) is 18.0 Å². The number of alkyl halides is 3. The van der Waals surface area contributed by atoms with Gasteiger partial charge in [0.15, 0.2) is 11.4 Å². The van der Waals surface area contributed by atoms with Gasteiger partial charge in [0.25, 0.3) is 0 Å². The second-order valence-electron chi connectivity index (χ2n) is 11.9. The third kappa shape index (κ3) is 5.36. The van der Waals surface area contributed by atoms with Crippen LogP contribution in [-0.4, -0.2) is 53.9 Å². The van der Waals surface area contributed by atoms with E-state index in [0.717, 1.165) is 37.4 Å². The first-order valence-corrected chi connectivity index (χ1v) is 14.6. The SMILES string of the molecule is CN(Cc1cc(C(F)(F)F)c2oc(-c3cc(-c4ccc(F)cc4-c4nncn4C)cc(C4CC4)n3)nc2c1)C1CCC[C@@H]1O. The highest BCUT2D eigenvalue weighted by molar-refractivity contribution is 5.84. The molecule has 1 N–H and O–H groups in total. The maximum absolute atomic E-state index is 14.4. The normalized spacial score (nSPS) is 19.0. The Bertz CT molecular complexity index is 1860. The maximum Gasteiger partial charge on any atom is 0.420 e. The summed E-state index contributed by atoms with van der Waals surface area (Å²) in [6.45, 7) is 0.220. The van der Waals surface area contributed by atoms with Crippen molar-refractivity contribution in [3.05, 3.63) is 71.4 Å². The summed E-state index contributed by atoms with van der Waals surface area (Å²) in [5, 5.41) is 18.4. The smallest absolute Gasteiger partial charge is 0.420 e. The Morgan fingerprint density at radius 2 is 1.84 bits per heavy atom. The molecule has 0 bridgehead atoms. The summed E-state index contributed by atoms with van der Waals surface area (Å²) in [4.78, 5) is 11.2. The van der Waals surface area contributed by atoms with E-state index < -0.39 is 23.7 Å². The van der Waals surface area contributed by atoms with E-state index in [1.54, 1.807) is 29.8 Å². The first kappa shape index (κ1) is 28.6. The molecule has 0 amide bonds. The number of pyridine rings is 1. The Kier molecular flexibility index (Phi) is 7.00. The summed E-state index contributed by atoms with van der Waals surface area (Å²) < 4.78 is 64.9. The number of halogens is 4. The van der Waals surface area contributed by atoms with Gasteiger partial charge in [0, 0.05) is 36.8 Å². The van der Waals surface area contributed by atoms with Gasteiger partial charge in [-0.05, 0) is 92.2 Å². The van der Waals surface area contributed by atoms with Gasteiger partial charge in [-0.2, -0.15) is 13.2 Å². The minimum absolute atomic E-state index is 0.0340. The first-order chi connectivity index (χ1) is 21.0. The van der Waals surface area contributed by atoms with Crippen LogP contribution >= 0.6 is 0 Å². The van der Waals surface area contributed by atoms with E-state index in [4.69, 9.17) is 9.40 Å². The van der Waals surface area contributed by atoms with Gasteiger partial charge < -0.3 is 14.1 Å². The molecule has 3 aromatic heterocycles. The highest BCUT2D eigenvalue weighted by Crippen LogP contribution is 2.43. The Labute approximate surface area is 250 Å². The molecule has 3 heterocycles. The molecule has 0 aliphatic heterocycles. The zero-order valence-corrected chi connectivity index (χ0v) is 24.1. The molecule has 0 radical (unpaired) electrons. The van der Waals surface area contributed by atoms with Crippen molar-refractivity contribution >= 4 is 11.1 Å². The molecule has 12 heteroatoms. The van der Waals surface area contributed by atoms with E-state index in [-0.39, 0.29) is 41.2 Å². The summed E-state index contributed by atoms with van der Waals surface area (Å²) in [6, 6.07) is 10.6. The second kappa shape index (κ2) is 10.8. The number of hydrogen-bond acceptors (Lipinski definition) is 7. The van der Waals surface area contributed by atoms with Crippen LogP contribution in [0.15, 0.2) is 53.2 Å². The van der Waals surface area contributed by atoms with Gasteiger partial charge in [0.05, 0.1) is 6.10 Å². The number of aromatic nitrogens is 5. The number of aliphatic hydroxyl groups is 1. The molecule has 2 atom stereocenters. The minimum atomic E-state index is -4.68. The zero-order chi connectivity index (χ0) is 30.7. The molecule has 8 nitrogen and oxygen atoms in total. The maximum atomic E-state index is 14.4. The first-order valence-electron chi connectivity index (χ1n) is 14.6. The molecule has 2 aliphatic rings. The van der Waals surface area contributed by atoms with Crippen molar-refractivity contribution in [3.8, 4) is 34.1 Å². The topological polar surface area (TPSA) is 93.1 Å². The third-order valence-electron chi connectivity index (χ3n) is 8.60. The van der Waals surface area contributed by atoms with Crippen molar-refractivity contribution in [2.45, 2.75) is 62.9 Å². The molecule has 2 fully saturated rings. The highest BCUT2D eigenvalue weighted by Gasteiger charge is 2.37. The third-order valence-corrected chi connectivity index (χ3v) is 8.60. The number of hydrogen-bond donors (Lipinski definition) is 1. The van der Waals surface area contributed by atoms with Crippen LogP contribution in [0.3, 0.4) is 0 Å². The van der Waals surface area contributed by atoms with Gasteiger partial charge in [-0.3, -0.25) is 4.90 Å². The molecule has 1 unspecified atom stereocenters. The van der Waals surface area contributed by atoms with Gasteiger partial charge in [0.2, 0.25) is 5.89 Å². The van der Waals surface area contributed by atoms with E-state index in [9.17, 15) is 22.7 Å². The number of likely N-dealkylation sites (N-methyl/N-ethyl adjacent to an activating group) is 1. The van der Waals surface area contributed by atoms with E-state index in [1.165, 1.54) is 18.5 Å². The molecule has 44 heavy (non-hydrogen) atoms. The minimum Gasteiger partial charge on any atom is -0.434 e. The summed E-state index contributed by atoms with van der Waals surface area (Å²) in [5.41, 5.74) is 2.15. The number of aliphatic hydroxyl groups excluding tert-OH is 1. The molecule has 0 saturated heterocycles. The van der Waals surface area contributed by atoms with E-state index >= 15 is 0 Å². The van der Waals surface area contributed by atoms with Crippen molar-refractivity contribution in [2.75, 3.05) is 7.05 Å². The zero-order valence-electron chi connectivity index (χ0n) is 24.1. The number of aryl methyl sites for hydroxylation is 1. The fraction of sp³-hybridized carbons (Fsp3) is 0.375. The van der Waals surface area contributed by atoms with Crippen LogP contribution in [-0.2, 0) is 19.8 Å². The molecular weight excluding hydrogens is 576 g/mol. The Balaban J connectivity index is 1.33. The average molecular weight is 607 g/mol. The standard InChI is InChI=1S/C32H30F4N6O2/c1-41(27-4-3-5-28(27)43)15-17-10-23(32(34,35)36)29-25(11-17)39-31(44-29)26-13-19(12-24(38-26)18-6-7-18)21-9-8-20(33)14-22(21)30-40-37-16-42(30)2/h8-14,16,18,27-28,43H,3-7,15H2,1-2H3/t27?,28-/m0/s1. The summed E-state index contributed by atoms with van der Waals surface area (Å²) in [7, 11) is 3.57.